The van der Waals surface area contributed by atoms with E-state index in [4.69, 9.17) is 5.84 Å². The van der Waals surface area contributed by atoms with Crippen molar-refractivity contribution >= 4 is 0 Å². The molecule has 1 aromatic heterocycles. The molecule has 0 spiro atoms. The van der Waals surface area contributed by atoms with Crippen LogP contribution >= 0.6 is 0 Å². The number of hydrogen-bond acceptors (Lipinski definition) is 3. The average molecular weight is 290 g/mol. The molecule has 0 fully saturated rings. The molecule has 0 saturated heterocycles. The van der Waals surface area contributed by atoms with Crippen LogP contribution in [0.4, 0.5) is 4.39 Å². The average Bonchev–Trinajstić information content (AvgIpc) is 2.95. The SMILES string of the molecule is CCC(C)n1ccc(CC(NN)c2ccc(F)c(C)c2)n1. The Morgan fingerprint density at radius 2 is 2.14 bits per heavy atom. The van der Waals surface area contributed by atoms with Crippen LogP contribution in [-0.4, -0.2) is 9.78 Å². The Bertz CT molecular complexity index is 594. The first kappa shape index (κ1) is 15.7. The van der Waals surface area contributed by atoms with Gasteiger partial charge < -0.3 is 0 Å². The minimum atomic E-state index is -0.199. The summed E-state index contributed by atoms with van der Waals surface area (Å²) < 4.78 is 15.3. The lowest BCUT2D eigenvalue weighted by Gasteiger charge is -2.16. The summed E-state index contributed by atoms with van der Waals surface area (Å²) in [4.78, 5) is 0. The van der Waals surface area contributed by atoms with Gasteiger partial charge in [0, 0.05) is 18.7 Å². The number of halogens is 1. The second-order valence-electron chi connectivity index (χ2n) is 5.48. The van der Waals surface area contributed by atoms with Gasteiger partial charge >= 0.3 is 0 Å². The predicted molar refractivity (Wildman–Crippen MR) is 82.1 cm³/mol. The molecule has 0 amide bonds. The number of nitrogens with two attached hydrogens (primary N) is 1. The highest BCUT2D eigenvalue weighted by Crippen LogP contribution is 2.20. The second-order valence-corrected chi connectivity index (χ2v) is 5.48. The number of nitrogens with one attached hydrogen (secondary N) is 1. The van der Waals surface area contributed by atoms with Gasteiger partial charge in [0.1, 0.15) is 5.82 Å². The summed E-state index contributed by atoms with van der Waals surface area (Å²) >= 11 is 0. The Morgan fingerprint density at radius 3 is 2.76 bits per heavy atom. The molecule has 3 N–H and O–H groups in total. The summed E-state index contributed by atoms with van der Waals surface area (Å²) in [5.74, 6) is 5.46. The van der Waals surface area contributed by atoms with Crippen molar-refractivity contribution in [3.05, 3.63) is 53.1 Å². The van der Waals surface area contributed by atoms with E-state index in [-0.39, 0.29) is 11.9 Å². The van der Waals surface area contributed by atoms with Crippen LogP contribution in [0.15, 0.2) is 30.5 Å². The van der Waals surface area contributed by atoms with Gasteiger partial charge in [0.2, 0.25) is 0 Å². The number of benzene rings is 1. The van der Waals surface area contributed by atoms with Gasteiger partial charge in [-0.2, -0.15) is 5.10 Å². The summed E-state index contributed by atoms with van der Waals surface area (Å²) in [5.41, 5.74) is 5.36. The van der Waals surface area contributed by atoms with E-state index in [2.05, 4.69) is 24.4 Å². The Labute approximate surface area is 125 Å². The maximum atomic E-state index is 13.4. The van der Waals surface area contributed by atoms with Gasteiger partial charge in [-0.05, 0) is 43.5 Å². The van der Waals surface area contributed by atoms with Crippen molar-refractivity contribution in [1.82, 2.24) is 15.2 Å². The molecule has 2 aromatic rings. The van der Waals surface area contributed by atoms with Crippen LogP contribution in [0, 0.1) is 12.7 Å². The number of hydrogen-bond donors (Lipinski definition) is 2. The van der Waals surface area contributed by atoms with Crippen molar-refractivity contribution in [3.8, 4) is 0 Å². The standard InChI is InChI=1S/C16H23FN4/c1-4-12(3)21-8-7-14(20-21)10-16(19-18)13-5-6-15(17)11(2)9-13/h5-9,12,16,19H,4,10,18H2,1-3H3. The van der Waals surface area contributed by atoms with Crippen molar-refractivity contribution in [2.45, 2.75) is 45.7 Å². The number of hydrazine groups is 1. The van der Waals surface area contributed by atoms with E-state index < -0.39 is 0 Å². The summed E-state index contributed by atoms with van der Waals surface area (Å²) in [6.45, 7) is 6.03. The quantitative estimate of drug-likeness (QED) is 0.635. The van der Waals surface area contributed by atoms with Gasteiger partial charge in [0.15, 0.2) is 0 Å². The topological polar surface area (TPSA) is 55.9 Å². The molecule has 1 aromatic carbocycles. The molecule has 2 rings (SSSR count). The van der Waals surface area contributed by atoms with E-state index in [0.29, 0.717) is 18.0 Å². The van der Waals surface area contributed by atoms with Crippen LogP contribution < -0.4 is 11.3 Å². The molecule has 0 bridgehead atoms. The van der Waals surface area contributed by atoms with Gasteiger partial charge in [0.05, 0.1) is 11.7 Å². The van der Waals surface area contributed by atoms with Crippen molar-refractivity contribution in [2.75, 3.05) is 0 Å². The minimum Gasteiger partial charge on any atom is -0.271 e. The molecular formula is C16H23FN4. The normalized spacial score (nSPS) is 14.1. The molecule has 114 valence electrons. The molecule has 0 aliphatic rings. The molecule has 5 heteroatoms. The van der Waals surface area contributed by atoms with E-state index in [9.17, 15) is 4.39 Å². The van der Waals surface area contributed by atoms with E-state index in [1.165, 1.54) is 6.07 Å². The van der Waals surface area contributed by atoms with Gasteiger partial charge in [-0.15, -0.1) is 0 Å². The lowest BCUT2D eigenvalue weighted by molar-refractivity contribution is 0.467. The molecule has 2 atom stereocenters. The van der Waals surface area contributed by atoms with E-state index in [1.807, 2.05) is 23.0 Å². The lowest BCUT2D eigenvalue weighted by Crippen LogP contribution is -2.29. The molecule has 0 aliphatic heterocycles. The molecule has 2 unspecified atom stereocenters. The molecule has 0 radical (unpaired) electrons. The first-order chi connectivity index (χ1) is 10.0. The Kier molecular flexibility index (Phi) is 5.09. The van der Waals surface area contributed by atoms with Crippen molar-refractivity contribution in [1.29, 1.82) is 0 Å². The monoisotopic (exact) mass is 290 g/mol. The minimum absolute atomic E-state index is 0.0791. The van der Waals surface area contributed by atoms with Crippen molar-refractivity contribution in [3.63, 3.8) is 0 Å². The Morgan fingerprint density at radius 1 is 1.38 bits per heavy atom. The Hall–Kier alpha value is -1.72. The van der Waals surface area contributed by atoms with Gasteiger partial charge in [-0.1, -0.05) is 19.1 Å². The highest BCUT2D eigenvalue weighted by molar-refractivity contribution is 5.27. The molecule has 4 nitrogen and oxygen atoms in total. The largest absolute Gasteiger partial charge is 0.271 e. The number of aryl methyl sites for hydroxylation is 1. The summed E-state index contributed by atoms with van der Waals surface area (Å²) in [6, 6.07) is 7.38. The van der Waals surface area contributed by atoms with E-state index in [1.54, 1.807) is 13.0 Å². The molecule has 1 heterocycles. The second kappa shape index (κ2) is 6.83. The zero-order chi connectivity index (χ0) is 15.4. The van der Waals surface area contributed by atoms with Crippen LogP contribution in [0.25, 0.3) is 0 Å². The van der Waals surface area contributed by atoms with E-state index >= 15 is 0 Å². The van der Waals surface area contributed by atoms with Crippen molar-refractivity contribution in [2.24, 2.45) is 5.84 Å². The van der Waals surface area contributed by atoms with Gasteiger partial charge in [-0.3, -0.25) is 16.0 Å². The number of nitrogens with zero attached hydrogens (tertiary/aromatic N) is 2. The fourth-order valence-electron chi connectivity index (χ4n) is 2.29. The lowest BCUT2D eigenvalue weighted by atomic mass is 10.0. The summed E-state index contributed by atoms with van der Waals surface area (Å²) in [5, 5.41) is 4.58. The summed E-state index contributed by atoms with van der Waals surface area (Å²) in [7, 11) is 0. The zero-order valence-corrected chi connectivity index (χ0v) is 12.8. The first-order valence-corrected chi connectivity index (χ1v) is 7.31. The third kappa shape index (κ3) is 3.68. The first-order valence-electron chi connectivity index (χ1n) is 7.31. The smallest absolute Gasteiger partial charge is 0.126 e. The highest BCUT2D eigenvalue weighted by atomic mass is 19.1. The highest BCUT2D eigenvalue weighted by Gasteiger charge is 2.14. The Balaban J connectivity index is 2.15. The van der Waals surface area contributed by atoms with Crippen LogP contribution in [0.2, 0.25) is 0 Å². The van der Waals surface area contributed by atoms with Gasteiger partial charge in [0.25, 0.3) is 0 Å². The third-order valence-corrected chi connectivity index (χ3v) is 3.90. The number of aromatic nitrogens is 2. The maximum absolute atomic E-state index is 13.4. The van der Waals surface area contributed by atoms with Crippen LogP contribution in [0.1, 0.15) is 49.2 Å². The zero-order valence-electron chi connectivity index (χ0n) is 12.8. The fourth-order valence-corrected chi connectivity index (χ4v) is 2.29. The third-order valence-electron chi connectivity index (χ3n) is 3.90. The summed E-state index contributed by atoms with van der Waals surface area (Å²) in [6.07, 6.45) is 3.70. The molecular weight excluding hydrogens is 267 g/mol. The van der Waals surface area contributed by atoms with Crippen molar-refractivity contribution < 1.29 is 4.39 Å². The van der Waals surface area contributed by atoms with Crippen LogP contribution in [0.3, 0.4) is 0 Å². The van der Waals surface area contributed by atoms with Gasteiger partial charge in [-0.25, -0.2) is 4.39 Å². The maximum Gasteiger partial charge on any atom is 0.126 e. The molecule has 0 aliphatic carbocycles. The molecule has 0 saturated carbocycles. The predicted octanol–water partition coefficient (Wildman–Crippen LogP) is 3.05. The molecule has 21 heavy (non-hydrogen) atoms. The fraction of sp³-hybridized carbons (Fsp3) is 0.438. The van der Waals surface area contributed by atoms with E-state index in [0.717, 1.165) is 17.7 Å². The number of rotatable bonds is 6. The van der Waals surface area contributed by atoms with Crippen LogP contribution in [0.5, 0.6) is 0 Å². The van der Waals surface area contributed by atoms with Crippen LogP contribution in [-0.2, 0) is 6.42 Å².